The Morgan fingerprint density at radius 2 is 1.92 bits per heavy atom. The van der Waals surface area contributed by atoms with Crippen LogP contribution < -0.4 is 15.4 Å². The van der Waals surface area contributed by atoms with E-state index in [1.165, 1.54) is 0 Å². The molecule has 1 aliphatic rings. The van der Waals surface area contributed by atoms with E-state index in [9.17, 15) is 4.79 Å². The van der Waals surface area contributed by atoms with E-state index in [-0.39, 0.29) is 12.1 Å². The van der Waals surface area contributed by atoms with Crippen LogP contribution in [0.2, 0.25) is 0 Å². The number of anilines is 1. The topological polar surface area (TPSA) is 63.2 Å². The van der Waals surface area contributed by atoms with Crippen LogP contribution in [-0.4, -0.2) is 10.9 Å². The van der Waals surface area contributed by atoms with Crippen molar-refractivity contribution in [2.24, 2.45) is 0 Å². The smallest absolute Gasteiger partial charge is 0.255 e. The Labute approximate surface area is 156 Å². The van der Waals surface area contributed by atoms with Crippen molar-refractivity contribution in [3.8, 4) is 5.75 Å². The first kappa shape index (κ1) is 16.6. The molecule has 1 aliphatic heterocycles. The van der Waals surface area contributed by atoms with Gasteiger partial charge in [-0.2, -0.15) is 0 Å². The van der Waals surface area contributed by atoms with Crippen molar-refractivity contribution in [1.82, 2.24) is 10.3 Å². The second-order valence-electron chi connectivity index (χ2n) is 6.26. The third-order valence-electron chi connectivity index (χ3n) is 4.35. The first-order valence-corrected chi connectivity index (χ1v) is 9.29. The van der Waals surface area contributed by atoms with Crippen LogP contribution in [0.1, 0.15) is 38.4 Å². The van der Waals surface area contributed by atoms with Gasteiger partial charge < -0.3 is 15.4 Å². The van der Waals surface area contributed by atoms with Gasteiger partial charge in [0, 0.05) is 5.38 Å². The first-order valence-electron chi connectivity index (χ1n) is 8.41. The van der Waals surface area contributed by atoms with Crippen LogP contribution in [0.3, 0.4) is 0 Å². The highest BCUT2D eigenvalue weighted by atomic mass is 32.1. The summed E-state index contributed by atoms with van der Waals surface area (Å²) >= 11 is 1.62. The molecule has 4 rings (SSSR count). The Morgan fingerprint density at radius 1 is 1.12 bits per heavy atom. The number of aryl methyl sites for hydroxylation is 2. The Balaban J connectivity index is 1.47. The average Bonchev–Trinajstić information content (AvgIpc) is 3.06. The van der Waals surface area contributed by atoms with Gasteiger partial charge in [0.25, 0.3) is 5.91 Å². The number of fused-ring (bicyclic) bond motifs is 1. The molecule has 2 aromatic carbocycles. The van der Waals surface area contributed by atoms with E-state index in [0.29, 0.717) is 12.2 Å². The number of nitrogens with one attached hydrogen (secondary N) is 2. The fraction of sp³-hybridized carbons (Fsp3) is 0.200. The summed E-state index contributed by atoms with van der Waals surface area (Å²) in [5, 5.41) is 9.45. The number of ether oxygens (including phenoxy) is 1. The molecule has 0 aliphatic carbocycles. The zero-order chi connectivity index (χ0) is 18.1. The third kappa shape index (κ3) is 3.28. The summed E-state index contributed by atoms with van der Waals surface area (Å²) in [5.74, 6) is 0.713. The largest absolute Gasteiger partial charge is 0.487 e. The third-order valence-corrected chi connectivity index (χ3v) is 5.17. The summed E-state index contributed by atoms with van der Waals surface area (Å²) in [5.41, 5.74) is 4.54. The van der Waals surface area contributed by atoms with E-state index in [2.05, 4.69) is 15.6 Å². The zero-order valence-electron chi connectivity index (χ0n) is 14.6. The molecule has 0 bridgehead atoms. The number of benzene rings is 2. The highest BCUT2D eigenvalue weighted by Crippen LogP contribution is 2.30. The van der Waals surface area contributed by atoms with Crippen molar-refractivity contribution < 1.29 is 9.53 Å². The molecule has 2 N–H and O–H groups in total. The van der Waals surface area contributed by atoms with Gasteiger partial charge in [0.2, 0.25) is 0 Å². The number of hydrogen-bond acceptors (Lipinski definition) is 5. The van der Waals surface area contributed by atoms with Crippen LogP contribution >= 0.6 is 11.3 Å². The minimum atomic E-state index is -0.258. The quantitative estimate of drug-likeness (QED) is 0.728. The van der Waals surface area contributed by atoms with Crippen molar-refractivity contribution in [2.75, 3.05) is 5.32 Å². The van der Waals surface area contributed by atoms with Crippen LogP contribution in [0.5, 0.6) is 5.75 Å². The van der Waals surface area contributed by atoms with Crippen LogP contribution in [0.25, 0.3) is 0 Å². The summed E-state index contributed by atoms with van der Waals surface area (Å²) in [6, 6.07) is 13.5. The normalized spacial score (nSPS) is 15.8. The van der Waals surface area contributed by atoms with Crippen molar-refractivity contribution >= 4 is 22.9 Å². The molecule has 0 spiro atoms. The second-order valence-corrected chi connectivity index (χ2v) is 7.33. The molecule has 1 amide bonds. The molecular weight excluding hydrogens is 346 g/mol. The number of aromatic nitrogens is 1. The molecular formula is C20H19N3O2S. The summed E-state index contributed by atoms with van der Waals surface area (Å²) < 4.78 is 5.78. The summed E-state index contributed by atoms with van der Waals surface area (Å²) in [7, 11) is 0. The number of carbonyl (C=O) groups excluding carboxylic acids is 1. The molecule has 2 heterocycles. The van der Waals surface area contributed by atoms with Gasteiger partial charge >= 0.3 is 0 Å². The molecule has 0 saturated carbocycles. The fourth-order valence-corrected chi connectivity index (χ4v) is 3.59. The fourth-order valence-electron chi connectivity index (χ4n) is 2.99. The minimum Gasteiger partial charge on any atom is -0.487 e. The first-order chi connectivity index (χ1) is 12.6. The standard InChI is InChI=1S/C20H19N3O2S/c1-12-4-3-5-17-18(12)22-19(23-20(17)24)14-6-8-16(9-7-14)25-10-15-11-26-13(2)21-15/h3-9,11,19,22H,10H2,1-2H3,(H,23,24). The van der Waals surface area contributed by atoms with Crippen molar-refractivity contribution in [3.05, 3.63) is 75.2 Å². The lowest BCUT2D eigenvalue weighted by molar-refractivity contribution is 0.0935. The summed E-state index contributed by atoms with van der Waals surface area (Å²) in [6.45, 7) is 4.43. The van der Waals surface area contributed by atoms with Gasteiger partial charge in [-0.3, -0.25) is 4.79 Å². The van der Waals surface area contributed by atoms with Gasteiger partial charge in [-0.05, 0) is 43.2 Å². The highest BCUT2D eigenvalue weighted by Gasteiger charge is 2.25. The maximum Gasteiger partial charge on any atom is 0.255 e. The molecule has 132 valence electrons. The lowest BCUT2D eigenvalue weighted by atomic mass is 10.0. The molecule has 1 atom stereocenters. The predicted molar refractivity (Wildman–Crippen MR) is 103 cm³/mol. The van der Waals surface area contributed by atoms with Gasteiger partial charge in [-0.1, -0.05) is 24.3 Å². The molecule has 0 radical (unpaired) electrons. The number of nitrogens with zero attached hydrogens (tertiary/aromatic N) is 1. The van der Waals surface area contributed by atoms with Gasteiger partial charge in [0.1, 0.15) is 18.5 Å². The minimum absolute atomic E-state index is 0.0633. The second kappa shape index (κ2) is 6.80. The molecule has 6 heteroatoms. The van der Waals surface area contributed by atoms with Gasteiger partial charge in [-0.25, -0.2) is 4.98 Å². The van der Waals surface area contributed by atoms with Gasteiger partial charge in [0.15, 0.2) is 0 Å². The number of rotatable bonds is 4. The molecule has 26 heavy (non-hydrogen) atoms. The maximum absolute atomic E-state index is 12.4. The average molecular weight is 365 g/mol. The van der Waals surface area contributed by atoms with Crippen molar-refractivity contribution in [1.29, 1.82) is 0 Å². The Bertz CT molecular complexity index is 950. The number of amides is 1. The Kier molecular flexibility index (Phi) is 4.34. The van der Waals surface area contributed by atoms with Crippen molar-refractivity contribution in [2.45, 2.75) is 26.6 Å². The van der Waals surface area contributed by atoms with E-state index in [1.807, 2.05) is 61.7 Å². The summed E-state index contributed by atoms with van der Waals surface area (Å²) in [6.07, 6.45) is -0.258. The number of hydrogen-bond donors (Lipinski definition) is 2. The number of thiazole rings is 1. The molecule has 0 saturated heterocycles. The maximum atomic E-state index is 12.4. The van der Waals surface area contributed by atoms with E-state index >= 15 is 0 Å². The van der Waals surface area contributed by atoms with Crippen LogP contribution in [0, 0.1) is 13.8 Å². The predicted octanol–water partition coefficient (Wildman–Crippen LogP) is 4.19. The molecule has 3 aromatic rings. The molecule has 0 fully saturated rings. The van der Waals surface area contributed by atoms with Crippen LogP contribution in [0.15, 0.2) is 47.8 Å². The lowest BCUT2D eigenvalue weighted by Crippen LogP contribution is -2.38. The van der Waals surface area contributed by atoms with E-state index < -0.39 is 0 Å². The molecule has 1 unspecified atom stereocenters. The van der Waals surface area contributed by atoms with Gasteiger partial charge in [-0.15, -0.1) is 11.3 Å². The Hall–Kier alpha value is -2.86. The lowest BCUT2D eigenvalue weighted by Gasteiger charge is -2.29. The van der Waals surface area contributed by atoms with Gasteiger partial charge in [0.05, 0.1) is 22.0 Å². The van der Waals surface area contributed by atoms with Crippen LogP contribution in [0.4, 0.5) is 5.69 Å². The molecule has 5 nitrogen and oxygen atoms in total. The highest BCUT2D eigenvalue weighted by molar-refractivity contribution is 7.09. The van der Waals surface area contributed by atoms with Crippen molar-refractivity contribution in [3.63, 3.8) is 0 Å². The molecule has 1 aromatic heterocycles. The van der Waals surface area contributed by atoms with E-state index in [4.69, 9.17) is 4.74 Å². The van der Waals surface area contributed by atoms with E-state index in [1.54, 1.807) is 11.3 Å². The van der Waals surface area contributed by atoms with E-state index in [0.717, 1.165) is 33.3 Å². The van der Waals surface area contributed by atoms with Crippen LogP contribution in [-0.2, 0) is 6.61 Å². The Morgan fingerprint density at radius 3 is 2.65 bits per heavy atom. The monoisotopic (exact) mass is 365 g/mol. The number of carbonyl (C=O) groups is 1. The SMILES string of the molecule is Cc1nc(COc2ccc(C3NC(=O)c4cccc(C)c4N3)cc2)cs1. The summed E-state index contributed by atoms with van der Waals surface area (Å²) in [4.78, 5) is 16.8. The zero-order valence-corrected chi connectivity index (χ0v) is 15.4. The number of para-hydroxylation sites is 1.